The Morgan fingerprint density at radius 2 is 2.23 bits per heavy atom. The molecule has 0 aromatic rings. The molecule has 0 aromatic heterocycles. The molecule has 0 radical (unpaired) electrons. The monoisotopic (exact) mass is 215 g/mol. The van der Waals surface area contributed by atoms with Gasteiger partial charge in [0.25, 0.3) is 5.70 Å². The highest BCUT2D eigenvalue weighted by atomic mass is 32.1. The summed E-state index contributed by atoms with van der Waals surface area (Å²) in [5.74, 6) is 0. The van der Waals surface area contributed by atoms with Crippen molar-refractivity contribution in [2.75, 3.05) is 0 Å². The molecular weight excluding hydrogens is 206 g/mol. The summed E-state index contributed by atoms with van der Waals surface area (Å²) >= 11 is 8.68. The van der Waals surface area contributed by atoms with Crippen LogP contribution in [0.25, 0.3) is 0 Å². The lowest BCUT2D eigenvalue weighted by Gasteiger charge is -1.95. The van der Waals surface area contributed by atoms with Gasteiger partial charge in [-0.3, -0.25) is 10.1 Å². The summed E-state index contributed by atoms with van der Waals surface area (Å²) in [5.41, 5.74) is 0.453. The van der Waals surface area contributed by atoms with Crippen molar-refractivity contribution in [3.63, 3.8) is 0 Å². The van der Waals surface area contributed by atoms with Gasteiger partial charge in [0.15, 0.2) is 0 Å². The van der Waals surface area contributed by atoms with E-state index in [4.69, 9.17) is 12.2 Å². The number of allylic oxidation sites excluding steroid dienone is 3. The summed E-state index contributed by atoms with van der Waals surface area (Å²) in [6.07, 6.45) is 4.15. The molecule has 0 rings (SSSR count). The van der Waals surface area contributed by atoms with Crippen molar-refractivity contribution in [1.29, 1.82) is 0 Å². The van der Waals surface area contributed by atoms with Gasteiger partial charge in [-0.25, -0.2) is 0 Å². The van der Waals surface area contributed by atoms with Crippen LogP contribution in [0.4, 0.5) is 0 Å². The van der Waals surface area contributed by atoms with E-state index in [0.717, 1.165) is 6.08 Å². The smallest absolute Gasteiger partial charge is 0.258 e. The minimum absolute atomic E-state index is 0.0931. The molecule has 0 N–H and O–H groups in total. The van der Waals surface area contributed by atoms with Crippen molar-refractivity contribution in [2.24, 2.45) is 0 Å². The molecule has 0 bridgehead atoms. The Morgan fingerprint density at radius 3 is 2.46 bits per heavy atom. The van der Waals surface area contributed by atoms with Gasteiger partial charge >= 0.3 is 0 Å². The lowest BCUT2D eigenvalue weighted by atomic mass is 10.2. The van der Waals surface area contributed by atoms with Gasteiger partial charge in [0.05, 0.1) is 9.12 Å². The van der Waals surface area contributed by atoms with Crippen LogP contribution in [0, 0.1) is 10.1 Å². The number of hydrogen-bond acceptors (Lipinski definition) is 3. The molecule has 0 unspecified atom stereocenters. The van der Waals surface area contributed by atoms with Gasteiger partial charge in [0.1, 0.15) is 0 Å². The van der Waals surface area contributed by atoms with Crippen molar-refractivity contribution >= 4 is 29.0 Å². The van der Waals surface area contributed by atoms with Crippen molar-refractivity contribution in [3.8, 4) is 0 Å². The maximum atomic E-state index is 10.4. The van der Waals surface area contributed by atoms with Gasteiger partial charge in [-0.05, 0) is 6.92 Å². The quantitative estimate of drug-likeness (QED) is 0.196. The molecule has 0 heterocycles. The fraction of sp³-hybridized carbons (Fsp3) is 0.125. The Labute approximate surface area is 87.4 Å². The Hall–Kier alpha value is -0.940. The predicted octanol–water partition coefficient (Wildman–Crippen LogP) is 2.54. The van der Waals surface area contributed by atoms with E-state index in [2.05, 4.69) is 19.2 Å². The second-order valence-electron chi connectivity index (χ2n) is 2.08. The third-order valence-electron chi connectivity index (χ3n) is 1.28. The average Bonchev–Trinajstić information content (AvgIpc) is 2.05. The van der Waals surface area contributed by atoms with E-state index < -0.39 is 4.92 Å². The first-order valence-corrected chi connectivity index (χ1v) is 4.26. The molecule has 0 aliphatic carbocycles. The number of thiol groups is 1. The fourth-order valence-corrected chi connectivity index (χ4v) is 0.984. The molecule has 0 saturated carbocycles. The molecule has 0 fully saturated rings. The Bertz CT molecular complexity index is 305. The number of thiocarbonyl (C=S) groups is 1. The summed E-state index contributed by atoms with van der Waals surface area (Å²) in [4.78, 5) is 9.85. The molecule has 0 spiro atoms. The summed E-state index contributed by atoms with van der Waals surface area (Å²) < 4.78 is 0.323. The molecule has 0 aliphatic rings. The van der Waals surface area contributed by atoms with Crippen LogP contribution in [-0.2, 0) is 0 Å². The summed E-state index contributed by atoms with van der Waals surface area (Å²) in [6, 6.07) is 0. The van der Waals surface area contributed by atoms with Crippen molar-refractivity contribution in [3.05, 3.63) is 46.2 Å². The minimum atomic E-state index is -0.525. The predicted molar refractivity (Wildman–Crippen MR) is 60.6 cm³/mol. The van der Waals surface area contributed by atoms with Crippen LogP contribution < -0.4 is 0 Å². The van der Waals surface area contributed by atoms with Crippen LogP contribution in [0.2, 0.25) is 0 Å². The molecule has 0 saturated heterocycles. The number of hydrogen-bond donors (Lipinski definition) is 1. The minimum Gasteiger partial charge on any atom is -0.258 e. The Morgan fingerprint density at radius 1 is 1.69 bits per heavy atom. The molecule has 70 valence electrons. The first-order chi connectivity index (χ1) is 6.02. The van der Waals surface area contributed by atoms with Gasteiger partial charge in [-0.2, -0.15) is 0 Å². The van der Waals surface area contributed by atoms with E-state index in [0.29, 0.717) is 9.77 Å². The van der Waals surface area contributed by atoms with Crippen LogP contribution in [-0.4, -0.2) is 9.12 Å². The van der Waals surface area contributed by atoms with Gasteiger partial charge in [-0.15, -0.1) is 12.6 Å². The Kier molecular flexibility index (Phi) is 5.25. The van der Waals surface area contributed by atoms with E-state index in [1.807, 2.05) is 0 Å². The molecule has 3 nitrogen and oxygen atoms in total. The Balaban J connectivity index is 4.98. The second-order valence-corrected chi connectivity index (χ2v) is 3.24. The molecule has 0 atom stereocenters. The topological polar surface area (TPSA) is 43.1 Å². The van der Waals surface area contributed by atoms with Gasteiger partial charge < -0.3 is 0 Å². The largest absolute Gasteiger partial charge is 0.269 e. The highest BCUT2D eigenvalue weighted by Crippen LogP contribution is 2.09. The van der Waals surface area contributed by atoms with E-state index in [-0.39, 0.29) is 5.70 Å². The van der Waals surface area contributed by atoms with Crippen LogP contribution >= 0.6 is 24.8 Å². The normalized spacial score (nSPS) is 12.5. The van der Waals surface area contributed by atoms with Crippen molar-refractivity contribution < 1.29 is 4.92 Å². The lowest BCUT2D eigenvalue weighted by Crippen LogP contribution is -1.97. The van der Waals surface area contributed by atoms with E-state index in [1.54, 1.807) is 13.0 Å². The number of rotatable bonds is 4. The first-order valence-electron chi connectivity index (χ1n) is 3.41. The van der Waals surface area contributed by atoms with Crippen LogP contribution in [0.1, 0.15) is 6.92 Å². The molecule has 5 heteroatoms. The molecule has 0 aliphatic heterocycles. The zero-order valence-corrected chi connectivity index (χ0v) is 8.77. The molecule has 13 heavy (non-hydrogen) atoms. The van der Waals surface area contributed by atoms with Crippen LogP contribution in [0.5, 0.6) is 0 Å². The van der Waals surface area contributed by atoms with Crippen LogP contribution in [0.3, 0.4) is 0 Å². The van der Waals surface area contributed by atoms with E-state index in [1.165, 1.54) is 6.08 Å². The van der Waals surface area contributed by atoms with E-state index in [9.17, 15) is 10.1 Å². The van der Waals surface area contributed by atoms with Gasteiger partial charge in [-0.1, -0.05) is 24.9 Å². The SMILES string of the molecule is C=C/C(=C\C(=C/C)C(=S)S)[N+](=O)[O-]. The van der Waals surface area contributed by atoms with Gasteiger partial charge in [0.2, 0.25) is 0 Å². The lowest BCUT2D eigenvalue weighted by molar-refractivity contribution is -0.419. The summed E-state index contributed by atoms with van der Waals surface area (Å²) in [7, 11) is 0. The third-order valence-corrected chi connectivity index (χ3v) is 1.78. The molecular formula is C8H9NO2S2. The zero-order valence-electron chi connectivity index (χ0n) is 7.06. The standard InChI is InChI=1S/C8H9NO2S2/c1-3-6(8(12)13)5-7(4-2)9(10)11/h3-5H,2H2,1H3,(H,12,13)/b6-3+,7-5+. The first kappa shape index (κ1) is 12.1. The summed E-state index contributed by atoms with van der Waals surface area (Å²) in [5, 5.41) is 10.4. The number of nitro groups is 1. The maximum Gasteiger partial charge on any atom is 0.269 e. The van der Waals surface area contributed by atoms with E-state index >= 15 is 0 Å². The maximum absolute atomic E-state index is 10.4. The molecule has 0 amide bonds. The van der Waals surface area contributed by atoms with Crippen molar-refractivity contribution in [2.45, 2.75) is 6.92 Å². The van der Waals surface area contributed by atoms with Crippen LogP contribution in [0.15, 0.2) is 36.1 Å². The fourth-order valence-electron chi connectivity index (χ4n) is 0.614. The second kappa shape index (κ2) is 5.66. The number of nitrogens with zero attached hydrogens (tertiary/aromatic N) is 1. The van der Waals surface area contributed by atoms with Gasteiger partial charge in [0, 0.05) is 17.7 Å². The summed E-state index contributed by atoms with van der Waals surface area (Å²) in [6.45, 7) is 5.05. The zero-order chi connectivity index (χ0) is 10.4. The highest BCUT2D eigenvalue weighted by Gasteiger charge is 2.06. The average molecular weight is 215 g/mol. The molecule has 0 aromatic carbocycles. The highest BCUT2D eigenvalue weighted by molar-refractivity contribution is 8.11. The third kappa shape index (κ3) is 4.00. The van der Waals surface area contributed by atoms with Crippen molar-refractivity contribution in [1.82, 2.24) is 0 Å².